The summed E-state index contributed by atoms with van der Waals surface area (Å²) in [7, 11) is 1.76. The van der Waals surface area contributed by atoms with Crippen LogP contribution in [0.2, 0.25) is 0 Å². The molecule has 5 N–H and O–H groups in total. The summed E-state index contributed by atoms with van der Waals surface area (Å²) in [6.07, 6.45) is 11.4. The van der Waals surface area contributed by atoms with Gasteiger partial charge in [-0.3, -0.25) is 24.0 Å². The van der Waals surface area contributed by atoms with Crippen molar-refractivity contribution in [3.05, 3.63) is 30.1 Å². The number of nitrogens with two attached hydrogens (primary N) is 1. The van der Waals surface area contributed by atoms with E-state index in [4.69, 9.17) is 10.7 Å². The maximum atomic E-state index is 13.1. The molecule has 0 spiro atoms. The number of anilines is 1. The highest BCUT2D eigenvalue weighted by molar-refractivity contribution is 6.06. The molecule has 0 bridgehead atoms. The van der Waals surface area contributed by atoms with E-state index in [1.807, 2.05) is 18.2 Å². The average molecular weight is 718 g/mol. The first-order valence-electron chi connectivity index (χ1n) is 19.4. The van der Waals surface area contributed by atoms with Crippen molar-refractivity contribution in [2.45, 2.75) is 129 Å². The van der Waals surface area contributed by atoms with Crippen LogP contribution < -0.4 is 21.7 Å². The fourth-order valence-corrected chi connectivity index (χ4v) is 7.31. The van der Waals surface area contributed by atoms with Gasteiger partial charge in [0.05, 0.1) is 23.6 Å². The number of amides is 2. The van der Waals surface area contributed by atoms with E-state index in [0.29, 0.717) is 44.5 Å². The highest BCUT2D eigenvalue weighted by Crippen LogP contribution is 2.32. The fraction of sp³-hybridized carbons (Fsp3) is 0.625. The summed E-state index contributed by atoms with van der Waals surface area (Å²) in [6, 6.07) is 7.89. The summed E-state index contributed by atoms with van der Waals surface area (Å²) in [5, 5.41) is 9.60. The third kappa shape index (κ3) is 11.7. The smallest absolute Gasteiger partial charge is 0.223 e. The molecule has 1 atom stereocenters. The maximum Gasteiger partial charge on any atom is 0.223 e. The highest BCUT2D eigenvalue weighted by atomic mass is 16.2. The number of benzene rings is 1. The number of nitrogens with one attached hydrogen (secondary N) is 3. The Bertz CT molecular complexity index is 1680. The van der Waals surface area contributed by atoms with Crippen LogP contribution in [-0.4, -0.2) is 69.9 Å². The van der Waals surface area contributed by atoms with Crippen molar-refractivity contribution < 1.29 is 24.0 Å². The van der Waals surface area contributed by atoms with Gasteiger partial charge in [0.2, 0.25) is 11.8 Å². The average Bonchev–Trinajstić information content (AvgIpc) is 3.52. The lowest BCUT2D eigenvalue weighted by molar-refractivity contribution is -0.131. The number of aromatic nitrogens is 3. The zero-order valence-corrected chi connectivity index (χ0v) is 31.4. The van der Waals surface area contributed by atoms with Gasteiger partial charge in [-0.25, -0.2) is 9.97 Å². The lowest BCUT2D eigenvalue weighted by Gasteiger charge is -2.27. The molecule has 0 aliphatic heterocycles. The zero-order chi connectivity index (χ0) is 37.5. The lowest BCUT2D eigenvalue weighted by atomic mass is 9.78. The molecule has 2 heterocycles. The van der Waals surface area contributed by atoms with E-state index in [0.717, 1.165) is 92.1 Å². The number of pyridine rings is 1. The van der Waals surface area contributed by atoms with Crippen LogP contribution in [0.4, 0.5) is 5.82 Å². The Balaban J connectivity index is 1.11. The van der Waals surface area contributed by atoms with Crippen molar-refractivity contribution in [3.8, 4) is 0 Å². The Morgan fingerprint density at radius 3 is 2.37 bits per heavy atom. The number of imidazole rings is 1. The molecule has 0 radical (unpaired) electrons. The van der Waals surface area contributed by atoms with Crippen LogP contribution in [-0.2, 0) is 36.9 Å². The number of unbranched alkanes of at least 4 members (excludes halogenated alkanes) is 4. The molecule has 12 heteroatoms. The summed E-state index contributed by atoms with van der Waals surface area (Å²) in [6.45, 7) is 4.97. The molecular formula is C40H59N7O5. The number of aryl methyl sites for hydroxylation is 2. The number of Topliss-reactive ketones (excluding diaryl/α,β-unsaturated/α-hetero) is 3. The molecule has 2 aromatic heterocycles. The van der Waals surface area contributed by atoms with E-state index >= 15 is 0 Å². The van der Waals surface area contributed by atoms with Gasteiger partial charge in [0.1, 0.15) is 22.9 Å². The SMILES string of the molecule is CCCCc1nc2c(N)nc3ccccc3c2n1CCCCCC(=O)C1CCC(C(=O)NCC(=O)CCC(=O)NCCCCC(NC)C(C)=O)CC1. The largest absolute Gasteiger partial charge is 0.382 e. The van der Waals surface area contributed by atoms with Crippen LogP contribution >= 0.6 is 0 Å². The first kappa shape index (κ1) is 40.6. The second-order valence-corrected chi connectivity index (χ2v) is 14.4. The zero-order valence-electron chi connectivity index (χ0n) is 31.4. The summed E-state index contributed by atoms with van der Waals surface area (Å²) in [5.41, 5.74) is 9.02. The molecule has 1 saturated carbocycles. The van der Waals surface area contributed by atoms with E-state index in [2.05, 4.69) is 38.5 Å². The fourth-order valence-electron chi connectivity index (χ4n) is 7.31. The Hall–Kier alpha value is -4.19. The third-order valence-corrected chi connectivity index (χ3v) is 10.5. The Morgan fingerprint density at radius 1 is 0.885 bits per heavy atom. The van der Waals surface area contributed by atoms with Crippen LogP contribution in [0.25, 0.3) is 21.9 Å². The summed E-state index contributed by atoms with van der Waals surface area (Å²) < 4.78 is 2.31. The standard InChI is InChI=1S/C40H59N7O5/c1-4-5-17-35-46-37-38(31-13-8-9-15-33(31)45-39(37)41)47(35)25-12-6-7-16-34(50)28-18-20-29(21-19-28)40(52)44-26-30(49)22-23-36(51)43-24-11-10-14-32(42-3)27(2)48/h8-9,13,15,28-29,32,42H,4-7,10-12,14,16-26H2,1-3H3,(H2,41,45)(H,43,51)(H,44,52). The summed E-state index contributed by atoms with van der Waals surface area (Å²) in [5.74, 6) is 1.16. The van der Waals surface area contributed by atoms with E-state index in [1.165, 1.54) is 0 Å². The molecule has 1 aromatic carbocycles. The minimum atomic E-state index is -0.196. The van der Waals surface area contributed by atoms with Crippen molar-refractivity contribution in [2.24, 2.45) is 11.8 Å². The number of nitrogen functional groups attached to an aromatic ring is 1. The molecule has 1 fully saturated rings. The highest BCUT2D eigenvalue weighted by Gasteiger charge is 2.29. The van der Waals surface area contributed by atoms with Gasteiger partial charge in [0.15, 0.2) is 11.6 Å². The maximum absolute atomic E-state index is 13.1. The lowest BCUT2D eigenvalue weighted by Crippen LogP contribution is -2.37. The van der Waals surface area contributed by atoms with Crippen molar-refractivity contribution in [3.63, 3.8) is 0 Å². The van der Waals surface area contributed by atoms with Crippen LogP contribution in [0.15, 0.2) is 24.3 Å². The Labute approximate surface area is 307 Å². The number of hydrogen-bond donors (Lipinski definition) is 4. The monoisotopic (exact) mass is 717 g/mol. The van der Waals surface area contributed by atoms with Gasteiger partial charge in [0, 0.05) is 56.0 Å². The van der Waals surface area contributed by atoms with E-state index < -0.39 is 0 Å². The second-order valence-electron chi connectivity index (χ2n) is 14.4. The number of fused-ring (bicyclic) bond motifs is 3. The number of para-hydroxylation sites is 1. The predicted octanol–water partition coefficient (Wildman–Crippen LogP) is 5.37. The van der Waals surface area contributed by atoms with Crippen molar-refractivity contribution >= 4 is 56.9 Å². The van der Waals surface area contributed by atoms with Crippen LogP contribution in [0.5, 0.6) is 0 Å². The Kier molecular flexibility index (Phi) is 16.2. The molecule has 3 aromatic rings. The molecular weight excluding hydrogens is 658 g/mol. The first-order chi connectivity index (χ1) is 25.1. The number of nitrogens with zero attached hydrogens (tertiary/aromatic N) is 3. The van der Waals surface area contributed by atoms with E-state index in [-0.39, 0.29) is 66.4 Å². The normalized spacial score (nSPS) is 16.5. The van der Waals surface area contributed by atoms with Gasteiger partial charge >= 0.3 is 0 Å². The predicted molar refractivity (Wildman–Crippen MR) is 205 cm³/mol. The number of ketones is 3. The van der Waals surface area contributed by atoms with Crippen molar-refractivity contribution in [1.29, 1.82) is 0 Å². The van der Waals surface area contributed by atoms with Crippen LogP contribution in [0.3, 0.4) is 0 Å². The van der Waals surface area contributed by atoms with Gasteiger partial charge in [-0.15, -0.1) is 0 Å². The molecule has 52 heavy (non-hydrogen) atoms. The Morgan fingerprint density at radius 2 is 1.63 bits per heavy atom. The van der Waals surface area contributed by atoms with Gasteiger partial charge in [-0.1, -0.05) is 38.0 Å². The quantitative estimate of drug-likeness (QED) is 0.0939. The number of carbonyl (C=O) groups is 5. The summed E-state index contributed by atoms with van der Waals surface area (Å²) in [4.78, 5) is 71.2. The summed E-state index contributed by atoms with van der Waals surface area (Å²) >= 11 is 0. The van der Waals surface area contributed by atoms with Crippen molar-refractivity contribution in [2.75, 3.05) is 25.9 Å². The van der Waals surface area contributed by atoms with Gasteiger partial charge in [-0.05, 0) is 84.2 Å². The van der Waals surface area contributed by atoms with E-state index in [1.54, 1.807) is 14.0 Å². The van der Waals surface area contributed by atoms with Gasteiger partial charge in [0.25, 0.3) is 0 Å². The first-order valence-corrected chi connectivity index (χ1v) is 19.4. The molecule has 12 nitrogen and oxygen atoms in total. The number of likely N-dealkylation sites (N-methyl/N-ethyl adjacent to an activating group) is 1. The number of hydrogen-bond acceptors (Lipinski definition) is 9. The molecule has 1 unspecified atom stereocenters. The molecule has 1 aliphatic carbocycles. The molecule has 284 valence electrons. The molecule has 1 aliphatic rings. The van der Waals surface area contributed by atoms with Crippen LogP contribution in [0, 0.1) is 11.8 Å². The molecule has 0 saturated heterocycles. The second kappa shape index (κ2) is 20.7. The molecule has 4 rings (SSSR count). The number of carbonyl (C=O) groups excluding carboxylic acids is 5. The minimum Gasteiger partial charge on any atom is -0.382 e. The molecule has 2 amide bonds. The van der Waals surface area contributed by atoms with Crippen LogP contribution in [0.1, 0.15) is 116 Å². The topological polar surface area (TPSA) is 178 Å². The van der Waals surface area contributed by atoms with Crippen molar-refractivity contribution in [1.82, 2.24) is 30.5 Å². The van der Waals surface area contributed by atoms with Gasteiger partial charge < -0.3 is 26.3 Å². The minimum absolute atomic E-state index is 0.0110. The number of rotatable bonds is 23. The third-order valence-electron chi connectivity index (χ3n) is 10.5. The van der Waals surface area contributed by atoms with E-state index in [9.17, 15) is 24.0 Å². The van der Waals surface area contributed by atoms with Gasteiger partial charge in [-0.2, -0.15) is 0 Å².